The van der Waals surface area contributed by atoms with Crippen molar-refractivity contribution in [2.45, 2.75) is 23.9 Å². The van der Waals surface area contributed by atoms with Crippen molar-refractivity contribution in [1.29, 1.82) is 0 Å². The summed E-state index contributed by atoms with van der Waals surface area (Å²) in [6.07, 6.45) is 1.62. The number of thiazole rings is 1. The summed E-state index contributed by atoms with van der Waals surface area (Å²) in [5.41, 5.74) is 0.500. The number of hydrogen-bond acceptors (Lipinski definition) is 8. The van der Waals surface area contributed by atoms with Gasteiger partial charge in [-0.3, -0.25) is 9.78 Å². The van der Waals surface area contributed by atoms with Crippen molar-refractivity contribution in [3.05, 3.63) is 33.8 Å². The third-order valence-corrected chi connectivity index (χ3v) is 4.59. The van der Waals surface area contributed by atoms with E-state index < -0.39 is 0 Å². The molecule has 0 fully saturated rings. The summed E-state index contributed by atoms with van der Waals surface area (Å²) in [6.45, 7) is 1.80. The number of hydrogen-bond donors (Lipinski definition) is 3. The van der Waals surface area contributed by atoms with E-state index in [1.807, 2.05) is 19.1 Å². The Morgan fingerprint density at radius 1 is 1.55 bits per heavy atom. The maximum Gasteiger partial charge on any atom is 0.306 e. The highest BCUT2D eigenvalue weighted by molar-refractivity contribution is 7.98. The van der Waals surface area contributed by atoms with E-state index in [2.05, 4.69) is 20.3 Å². The van der Waals surface area contributed by atoms with Crippen molar-refractivity contribution in [3.8, 4) is 0 Å². The molecule has 0 aliphatic rings. The third-order valence-electron chi connectivity index (χ3n) is 2.84. The minimum absolute atomic E-state index is 0.0281. The Labute approximate surface area is 133 Å². The molecular weight excluding hydrogens is 324 g/mol. The zero-order valence-corrected chi connectivity index (χ0v) is 13.3. The van der Waals surface area contributed by atoms with Gasteiger partial charge in [0.2, 0.25) is 0 Å². The highest BCUT2D eigenvalue weighted by Crippen LogP contribution is 2.27. The second-order valence-corrected chi connectivity index (χ2v) is 6.57. The molecule has 22 heavy (non-hydrogen) atoms. The van der Waals surface area contributed by atoms with Gasteiger partial charge < -0.3 is 14.8 Å². The Morgan fingerprint density at radius 3 is 3.14 bits per heavy atom. The summed E-state index contributed by atoms with van der Waals surface area (Å²) in [4.78, 5) is 22.9. The van der Waals surface area contributed by atoms with Gasteiger partial charge in [-0.25, -0.2) is 9.97 Å². The Balaban J connectivity index is 1.91. The number of nitrogens with zero attached hydrogens (tertiary/aromatic N) is 2. The number of aromatic nitrogens is 3. The van der Waals surface area contributed by atoms with Gasteiger partial charge in [0, 0.05) is 6.04 Å². The molecule has 3 N–H and O–H groups in total. The summed E-state index contributed by atoms with van der Waals surface area (Å²) in [7, 11) is 0. The normalized spacial score (nSPS) is 12.6. The van der Waals surface area contributed by atoms with Crippen LogP contribution in [0.15, 0.2) is 32.8 Å². The average Bonchev–Trinajstić information content (AvgIpc) is 3.13. The standard InChI is InChI=1S/C13H14N4O3S2/c1-7(5-18)14-10-9-11(17-13(19)22-9)16-12(15-10)21-6-8-3-2-4-20-8/h2-4,7,18H,5-6H2,1H3,(H2,14,15,16,17,19). The molecule has 0 aromatic carbocycles. The Bertz CT molecular complexity index is 812. The molecule has 0 aliphatic carbocycles. The maximum absolute atomic E-state index is 11.5. The van der Waals surface area contributed by atoms with E-state index in [9.17, 15) is 9.90 Å². The van der Waals surface area contributed by atoms with Crippen LogP contribution in [0, 0.1) is 0 Å². The minimum atomic E-state index is -0.183. The number of aromatic amines is 1. The summed E-state index contributed by atoms with van der Waals surface area (Å²) in [5, 5.41) is 12.8. The number of aliphatic hydroxyl groups excluding tert-OH is 1. The number of fused-ring (bicyclic) bond motifs is 1. The number of furan rings is 1. The monoisotopic (exact) mass is 338 g/mol. The quantitative estimate of drug-likeness (QED) is 0.467. The second-order valence-electron chi connectivity index (χ2n) is 4.64. The van der Waals surface area contributed by atoms with Crippen LogP contribution in [0.5, 0.6) is 0 Å². The molecule has 3 aromatic heterocycles. The molecule has 3 rings (SSSR count). The van der Waals surface area contributed by atoms with Crippen molar-refractivity contribution in [2.24, 2.45) is 0 Å². The summed E-state index contributed by atoms with van der Waals surface area (Å²) in [6, 6.07) is 3.54. The molecule has 1 atom stereocenters. The van der Waals surface area contributed by atoms with Crippen molar-refractivity contribution >= 4 is 39.3 Å². The zero-order valence-electron chi connectivity index (χ0n) is 11.7. The van der Waals surface area contributed by atoms with E-state index in [0.29, 0.717) is 27.1 Å². The molecule has 3 heterocycles. The van der Waals surface area contributed by atoms with E-state index in [1.54, 1.807) is 6.26 Å². The first-order chi connectivity index (χ1) is 10.7. The van der Waals surface area contributed by atoms with Crippen molar-refractivity contribution in [3.63, 3.8) is 0 Å². The molecule has 9 heteroatoms. The van der Waals surface area contributed by atoms with Gasteiger partial charge in [-0.1, -0.05) is 23.1 Å². The Kier molecular flexibility index (Phi) is 4.46. The van der Waals surface area contributed by atoms with Gasteiger partial charge in [-0.05, 0) is 19.1 Å². The largest absolute Gasteiger partial charge is 0.468 e. The number of H-pyrrole nitrogens is 1. The highest BCUT2D eigenvalue weighted by atomic mass is 32.2. The van der Waals surface area contributed by atoms with E-state index in [0.717, 1.165) is 17.1 Å². The van der Waals surface area contributed by atoms with Crippen molar-refractivity contribution in [2.75, 3.05) is 11.9 Å². The smallest absolute Gasteiger partial charge is 0.306 e. The molecule has 0 spiro atoms. The van der Waals surface area contributed by atoms with Gasteiger partial charge in [-0.15, -0.1) is 0 Å². The SMILES string of the molecule is CC(CO)Nc1nc(SCc2ccco2)nc2[nH]c(=O)sc12. The molecule has 0 radical (unpaired) electrons. The molecule has 1 unspecified atom stereocenters. The van der Waals surface area contributed by atoms with Gasteiger partial charge in [-0.2, -0.15) is 0 Å². The van der Waals surface area contributed by atoms with Crippen molar-refractivity contribution in [1.82, 2.24) is 15.0 Å². The summed E-state index contributed by atoms with van der Waals surface area (Å²) < 4.78 is 5.94. The average molecular weight is 338 g/mol. The first kappa shape index (κ1) is 15.1. The maximum atomic E-state index is 11.5. The fourth-order valence-corrected chi connectivity index (χ4v) is 3.27. The number of anilines is 1. The van der Waals surface area contributed by atoms with Gasteiger partial charge >= 0.3 is 4.87 Å². The second kappa shape index (κ2) is 6.51. The predicted octanol–water partition coefficient (Wildman–Crippen LogP) is 2.06. The minimum Gasteiger partial charge on any atom is -0.468 e. The first-order valence-electron chi connectivity index (χ1n) is 6.59. The van der Waals surface area contributed by atoms with Crippen LogP contribution in [-0.4, -0.2) is 32.7 Å². The molecular formula is C13H14N4O3S2. The van der Waals surface area contributed by atoms with Gasteiger partial charge in [0.1, 0.15) is 10.5 Å². The van der Waals surface area contributed by atoms with E-state index in [1.165, 1.54) is 11.8 Å². The van der Waals surface area contributed by atoms with Crippen LogP contribution in [-0.2, 0) is 5.75 Å². The molecule has 0 saturated carbocycles. The first-order valence-corrected chi connectivity index (χ1v) is 8.39. The summed E-state index contributed by atoms with van der Waals surface area (Å²) >= 11 is 2.46. The lowest BCUT2D eigenvalue weighted by molar-refractivity contribution is 0.281. The number of nitrogens with one attached hydrogen (secondary N) is 2. The fourth-order valence-electron chi connectivity index (χ4n) is 1.80. The lowest BCUT2D eigenvalue weighted by atomic mass is 10.3. The van der Waals surface area contributed by atoms with E-state index in [4.69, 9.17) is 4.42 Å². The van der Waals surface area contributed by atoms with Crippen LogP contribution in [0.4, 0.5) is 5.82 Å². The molecule has 3 aromatic rings. The molecule has 116 valence electrons. The van der Waals surface area contributed by atoms with Crippen LogP contribution in [0.3, 0.4) is 0 Å². The summed E-state index contributed by atoms with van der Waals surface area (Å²) in [5.74, 6) is 1.98. The fraction of sp³-hybridized carbons (Fsp3) is 0.308. The number of thioether (sulfide) groups is 1. The van der Waals surface area contributed by atoms with Gasteiger partial charge in [0.15, 0.2) is 16.6 Å². The van der Waals surface area contributed by atoms with Crippen molar-refractivity contribution < 1.29 is 9.52 Å². The van der Waals surface area contributed by atoms with E-state index >= 15 is 0 Å². The molecule has 0 saturated heterocycles. The van der Waals surface area contributed by atoms with Crippen LogP contribution in [0.25, 0.3) is 10.3 Å². The Morgan fingerprint density at radius 2 is 2.41 bits per heavy atom. The molecule has 7 nitrogen and oxygen atoms in total. The van der Waals surface area contributed by atoms with Crippen LogP contribution in [0.1, 0.15) is 12.7 Å². The van der Waals surface area contributed by atoms with E-state index in [-0.39, 0.29) is 17.5 Å². The predicted molar refractivity (Wildman–Crippen MR) is 86.5 cm³/mol. The topological polar surface area (TPSA) is 104 Å². The van der Waals surface area contributed by atoms with Crippen LogP contribution in [0.2, 0.25) is 0 Å². The molecule has 0 amide bonds. The van der Waals surface area contributed by atoms with Gasteiger partial charge in [0.05, 0.1) is 18.6 Å². The molecule has 0 bridgehead atoms. The number of rotatable bonds is 6. The lowest BCUT2D eigenvalue weighted by Crippen LogP contribution is -2.20. The molecule has 0 aliphatic heterocycles. The van der Waals surface area contributed by atoms with Gasteiger partial charge in [0.25, 0.3) is 0 Å². The lowest BCUT2D eigenvalue weighted by Gasteiger charge is -2.12. The Hall–Kier alpha value is -1.84. The van der Waals surface area contributed by atoms with Crippen LogP contribution >= 0.6 is 23.1 Å². The zero-order chi connectivity index (χ0) is 15.5. The number of aliphatic hydroxyl groups is 1. The highest BCUT2D eigenvalue weighted by Gasteiger charge is 2.14. The van der Waals surface area contributed by atoms with Crippen LogP contribution < -0.4 is 10.2 Å². The third kappa shape index (κ3) is 3.32.